The van der Waals surface area contributed by atoms with Crippen LogP contribution in [0.25, 0.3) is 0 Å². The Morgan fingerprint density at radius 3 is 2.17 bits per heavy atom. The van der Waals surface area contributed by atoms with E-state index in [4.69, 9.17) is 27.9 Å². The average molecular weight is 542 g/mol. The van der Waals surface area contributed by atoms with Crippen LogP contribution in [-0.4, -0.2) is 42.1 Å². The second-order valence-electron chi connectivity index (χ2n) is 9.80. The van der Waals surface area contributed by atoms with Crippen molar-refractivity contribution in [1.82, 2.24) is 5.32 Å². The van der Waals surface area contributed by atoms with Crippen molar-refractivity contribution in [2.45, 2.75) is 73.0 Å². The van der Waals surface area contributed by atoms with Crippen LogP contribution >= 0.6 is 23.2 Å². The first kappa shape index (κ1) is 31.7. The standard InChI is InChI=1S/C27H38Cl2N2O5/c1-8-21(29)24(16(2)28)25(34)30-19-11-9-18(10-12-19)15-22(26(35)36-7)31-23(33)14-13-20(17(3)32)27(4,5)6/h8-12,17,20,22,32H,13-15H2,1-7H3,(H,30,34)(H,31,33)/b21-8+,24-16-. The second kappa shape index (κ2) is 14.4. The Labute approximate surface area is 224 Å². The SMILES string of the molecule is C/C=C(Cl)\C(C(=O)Nc1ccc(CC(NC(=O)CCC(C(C)O)C(C)(C)C)C(=O)OC)cc1)=C(/C)Cl. The maximum absolute atomic E-state index is 12.6. The summed E-state index contributed by atoms with van der Waals surface area (Å²) in [5.74, 6) is -1.36. The number of anilines is 1. The average Bonchev–Trinajstić information content (AvgIpc) is 2.77. The lowest BCUT2D eigenvalue weighted by molar-refractivity contribution is -0.145. The van der Waals surface area contributed by atoms with Gasteiger partial charge >= 0.3 is 5.97 Å². The maximum atomic E-state index is 12.6. The van der Waals surface area contributed by atoms with Crippen molar-refractivity contribution in [2.24, 2.45) is 11.3 Å². The van der Waals surface area contributed by atoms with Crippen LogP contribution in [-0.2, 0) is 25.5 Å². The van der Waals surface area contributed by atoms with Crippen molar-refractivity contribution in [3.8, 4) is 0 Å². The van der Waals surface area contributed by atoms with Crippen molar-refractivity contribution < 1.29 is 24.2 Å². The first-order valence-corrected chi connectivity index (χ1v) is 12.6. The molecule has 0 aliphatic rings. The molecule has 0 bridgehead atoms. The molecule has 200 valence electrons. The van der Waals surface area contributed by atoms with E-state index in [9.17, 15) is 19.5 Å². The molecule has 0 spiro atoms. The summed E-state index contributed by atoms with van der Waals surface area (Å²) >= 11 is 12.1. The molecule has 7 nitrogen and oxygen atoms in total. The molecule has 1 aromatic rings. The number of carbonyl (C=O) groups excluding carboxylic acids is 3. The summed E-state index contributed by atoms with van der Waals surface area (Å²) in [7, 11) is 1.27. The van der Waals surface area contributed by atoms with Crippen LogP contribution < -0.4 is 10.6 Å². The van der Waals surface area contributed by atoms with Gasteiger partial charge in [0.2, 0.25) is 5.91 Å². The number of rotatable bonds is 11. The van der Waals surface area contributed by atoms with E-state index < -0.39 is 24.0 Å². The Kier molecular flexibility index (Phi) is 12.7. The molecule has 1 rings (SSSR count). The Balaban J connectivity index is 2.88. The number of esters is 1. The molecule has 3 unspecified atom stereocenters. The van der Waals surface area contributed by atoms with E-state index >= 15 is 0 Å². The van der Waals surface area contributed by atoms with Crippen LogP contribution in [0.4, 0.5) is 5.69 Å². The van der Waals surface area contributed by atoms with Gasteiger partial charge in [-0.15, -0.1) is 0 Å². The van der Waals surface area contributed by atoms with Crippen molar-refractivity contribution in [1.29, 1.82) is 0 Å². The van der Waals surface area contributed by atoms with E-state index in [0.29, 0.717) is 12.1 Å². The smallest absolute Gasteiger partial charge is 0.328 e. The third kappa shape index (κ3) is 9.96. The monoisotopic (exact) mass is 540 g/mol. The van der Waals surface area contributed by atoms with Crippen LogP contribution in [0.1, 0.15) is 59.9 Å². The van der Waals surface area contributed by atoms with Gasteiger partial charge in [-0.3, -0.25) is 9.59 Å². The van der Waals surface area contributed by atoms with Gasteiger partial charge in [-0.2, -0.15) is 0 Å². The first-order chi connectivity index (χ1) is 16.7. The summed E-state index contributed by atoms with van der Waals surface area (Å²) in [6.07, 6.45) is 1.91. The summed E-state index contributed by atoms with van der Waals surface area (Å²) in [4.78, 5) is 37.5. The largest absolute Gasteiger partial charge is 0.467 e. The summed E-state index contributed by atoms with van der Waals surface area (Å²) in [5, 5.41) is 16.1. The molecule has 3 atom stereocenters. The minimum absolute atomic E-state index is 0.0665. The predicted molar refractivity (Wildman–Crippen MR) is 145 cm³/mol. The van der Waals surface area contributed by atoms with E-state index in [0.717, 1.165) is 5.56 Å². The zero-order valence-electron chi connectivity index (χ0n) is 22.1. The maximum Gasteiger partial charge on any atom is 0.328 e. The fraction of sp³-hybridized carbons (Fsp3) is 0.519. The molecule has 36 heavy (non-hydrogen) atoms. The molecule has 0 aliphatic heterocycles. The number of halogens is 2. The minimum Gasteiger partial charge on any atom is -0.467 e. The third-order valence-corrected chi connectivity index (χ3v) is 6.51. The Hall–Kier alpha value is -2.35. The zero-order valence-corrected chi connectivity index (χ0v) is 23.6. The second-order valence-corrected chi connectivity index (χ2v) is 10.8. The Morgan fingerprint density at radius 2 is 1.72 bits per heavy atom. The lowest BCUT2D eigenvalue weighted by atomic mass is 9.75. The molecule has 0 fully saturated rings. The number of ether oxygens (including phenoxy) is 1. The van der Waals surface area contributed by atoms with Gasteiger partial charge in [0.1, 0.15) is 6.04 Å². The quantitative estimate of drug-likeness (QED) is 0.200. The van der Waals surface area contributed by atoms with Gasteiger partial charge in [0.15, 0.2) is 0 Å². The highest BCUT2D eigenvalue weighted by molar-refractivity contribution is 6.40. The van der Waals surface area contributed by atoms with Crippen molar-refractivity contribution >= 4 is 46.7 Å². The summed E-state index contributed by atoms with van der Waals surface area (Å²) in [6, 6.07) is 5.99. The van der Waals surface area contributed by atoms with Crippen molar-refractivity contribution in [3.05, 3.63) is 51.5 Å². The number of nitrogens with one attached hydrogen (secondary N) is 2. The fourth-order valence-electron chi connectivity index (χ4n) is 4.01. The molecule has 2 amide bonds. The molecule has 1 aromatic carbocycles. The van der Waals surface area contributed by atoms with E-state index in [1.807, 2.05) is 20.8 Å². The highest BCUT2D eigenvalue weighted by atomic mass is 35.5. The van der Waals surface area contributed by atoms with Gasteiger partial charge in [0.05, 0.1) is 23.8 Å². The molecule has 0 aromatic heterocycles. The predicted octanol–water partition coefficient (Wildman–Crippen LogP) is 5.30. The number of hydrogen-bond acceptors (Lipinski definition) is 5. The molecule has 0 aliphatic carbocycles. The first-order valence-electron chi connectivity index (χ1n) is 11.8. The van der Waals surface area contributed by atoms with Crippen LogP contribution in [0, 0.1) is 11.3 Å². The van der Waals surface area contributed by atoms with Crippen LogP contribution in [0.2, 0.25) is 0 Å². The van der Waals surface area contributed by atoms with E-state index in [1.54, 1.807) is 51.1 Å². The summed E-state index contributed by atoms with van der Waals surface area (Å²) in [6.45, 7) is 11.1. The van der Waals surface area contributed by atoms with E-state index in [-0.39, 0.29) is 45.7 Å². The summed E-state index contributed by atoms with van der Waals surface area (Å²) < 4.78 is 4.88. The van der Waals surface area contributed by atoms with Gasteiger partial charge in [0, 0.05) is 23.6 Å². The van der Waals surface area contributed by atoms with Gasteiger partial charge in [-0.05, 0) is 56.2 Å². The molecule has 9 heteroatoms. The number of methoxy groups -OCH3 is 1. The zero-order chi connectivity index (χ0) is 27.6. The normalized spacial score (nSPS) is 15.3. The van der Waals surface area contributed by atoms with Gasteiger partial charge in [-0.25, -0.2) is 4.79 Å². The molecule has 0 saturated carbocycles. The van der Waals surface area contributed by atoms with Gasteiger partial charge in [0.25, 0.3) is 5.91 Å². The lowest BCUT2D eigenvalue weighted by Gasteiger charge is -2.33. The number of allylic oxidation sites excluding steroid dienone is 2. The highest BCUT2D eigenvalue weighted by Crippen LogP contribution is 2.32. The van der Waals surface area contributed by atoms with Crippen LogP contribution in [0.5, 0.6) is 0 Å². The third-order valence-electron chi connectivity index (χ3n) is 5.91. The number of benzene rings is 1. The Morgan fingerprint density at radius 1 is 1.14 bits per heavy atom. The number of aliphatic hydroxyl groups excluding tert-OH is 1. The van der Waals surface area contributed by atoms with Gasteiger partial charge < -0.3 is 20.5 Å². The minimum atomic E-state index is -0.871. The van der Waals surface area contributed by atoms with Crippen LogP contribution in [0.3, 0.4) is 0 Å². The molecular weight excluding hydrogens is 503 g/mol. The van der Waals surface area contributed by atoms with Crippen molar-refractivity contribution in [2.75, 3.05) is 12.4 Å². The Bertz CT molecular complexity index is 975. The number of carbonyl (C=O) groups is 3. The number of hydrogen-bond donors (Lipinski definition) is 3. The molecule has 0 saturated heterocycles. The highest BCUT2D eigenvalue weighted by Gasteiger charge is 2.30. The summed E-state index contributed by atoms with van der Waals surface area (Å²) in [5.41, 5.74) is 1.30. The molecular formula is C27H38Cl2N2O5. The number of amides is 2. The van der Waals surface area contributed by atoms with Crippen molar-refractivity contribution in [3.63, 3.8) is 0 Å². The molecule has 3 N–H and O–H groups in total. The number of aliphatic hydroxyl groups is 1. The van der Waals surface area contributed by atoms with E-state index in [1.165, 1.54) is 7.11 Å². The molecule has 0 heterocycles. The van der Waals surface area contributed by atoms with E-state index in [2.05, 4.69) is 10.6 Å². The fourth-order valence-corrected chi connectivity index (χ4v) is 4.48. The van der Waals surface area contributed by atoms with Gasteiger partial charge in [-0.1, -0.05) is 62.2 Å². The molecule has 0 radical (unpaired) electrons. The lowest BCUT2D eigenvalue weighted by Crippen LogP contribution is -2.43. The van der Waals surface area contributed by atoms with Crippen LogP contribution in [0.15, 0.2) is 46.0 Å². The topological polar surface area (TPSA) is 105 Å².